The van der Waals surface area contributed by atoms with Crippen molar-refractivity contribution in [3.8, 4) is 5.69 Å². The Labute approximate surface area is 407 Å². The summed E-state index contributed by atoms with van der Waals surface area (Å²) in [7, 11) is 0. The van der Waals surface area contributed by atoms with E-state index >= 15 is 0 Å². The van der Waals surface area contributed by atoms with Crippen molar-refractivity contribution in [2.45, 2.75) is 79.9 Å². The predicted molar refractivity (Wildman–Crippen MR) is 299 cm³/mol. The van der Waals surface area contributed by atoms with Crippen molar-refractivity contribution < 1.29 is 0 Å². The van der Waals surface area contributed by atoms with Crippen LogP contribution in [0.2, 0.25) is 0 Å². The van der Waals surface area contributed by atoms with E-state index in [1.807, 2.05) is 52.8 Å². The van der Waals surface area contributed by atoms with E-state index in [2.05, 4.69) is 235 Å². The lowest BCUT2D eigenvalue weighted by Gasteiger charge is -2.30. The Morgan fingerprint density at radius 1 is 0.721 bits per heavy atom. The summed E-state index contributed by atoms with van der Waals surface area (Å²) in [4.78, 5) is 0. The number of nitrogens with two attached hydrogens (primary N) is 1. The van der Waals surface area contributed by atoms with E-state index < -0.39 is 0 Å². The highest BCUT2D eigenvalue weighted by Crippen LogP contribution is 2.36. The van der Waals surface area contributed by atoms with Crippen LogP contribution in [0.3, 0.4) is 0 Å². The number of nitrogens with one attached hydrogen (secondary N) is 3. The SMILES string of the molecule is C/C=C\C=C/CC.C=C(/C=C(\C=C/C)c1cccc(-n2c3ccccc3c3ccccc32)c1)c1ccccc1Nc1cccc(C(NC(NCN)c2ccccc2)C2=CC=CCC2)c1.CC.CC. The minimum Gasteiger partial charge on any atom is -0.355 e. The van der Waals surface area contributed by atoms with Crippen molar-refractivity contribution in [3.63, 3.8) is 0 Å². The Bertz CT molecular complexity index is 2780. The average Bonchev–Trinajstić information content (AvgIpc) is 3.74. The van der Waals surface area contributed by atoms with Gasteiger partial charge in [0, 0.05) is 40.1 Å². The van der Waals surface area contributed by atoms with Crippen LogP contribution in [-0.4, -0.2) is 11.2 Å². The van der Waals surface area contributed by atoms with Gasteiger partial charge in [0.25, 0.3) is 0 Å². The summed E-state index contributed by atoms with van der Waals surface area (Å²) in [5.74, 6) is 0. The van der Waals surface area contributed by atoms with Crippen molar-refractivity contribution in [1.82, 2.24) is 15.2 Å². The molecule has 0 bridgehead atoms. The first-order valence-electron chi connectivity index (χ1n) is 24.5. The number of allylic oxidation sites excluding steroid dienone is 12. The fourth-order valence-electron chi connectivity index (χ4n) is 8.33. The maximum absolute atomic E-state index is 6.05. The Balaban J connectivity index is 0.000000714. The number of hydrogen-bond donors (Lipinski definition) is 4. The lowest BCUT2D eigenvalue weighted by atomic mass is 9.91. The molecule has 2 atom stereocenters. The largest absolute Gasteiger partial charge is 0.355 e. The minimum atomic E-state index is -0.116. The first-order valence-corrected chi connectivity index (χ1v) is 24.5. The smallest absolute Gasteiger partial charge is 0.0852 e. The van der Waals surface area contributed by atoms with Gasteiger partial charge in [-0.05, 0) is 115 Å². The molecule has 0 saturated heterocycles. The van der Waals surface area contributed by atoms with Crippen molar-refractivity contribution >= 4 is 44.3 Å². The van der Waals surface area contributed by atoms with Gasteiger partial charge in [0.05, 0.1) is 23.2 Å². The molecule has 5 nitrogen and oxygen atoms in total. The zero-order valence-electron chi connectivity index (χ0n) is 41.4. The standard InChI is InChI=1S/C52H49N5.C7H12.2C2H6/c1-3-18-40(41-23-17-26-44(35-41)57-49-31-14-11-28-46(49)47-29-12-15-32-50(47)57)33-37(2)45-27-10-13-30-48(45)55-43-25-16-24-42(34-43)51(38-19-6-4-7-20-38)56-52(54-36-53)39-21-8-5-9-22-39;1-3-5-7-6-4-2;2*1-2/h3-6,8-19,21-35,51-52,54-56H,2,7,20,36,53H2,1H3;3,5-7H,4H2,1-2H3;2*1-2H3/b18-3-,40-33+;5-3-,7-6-;;. The molecule has 2 unspecified atom stereocenters. The van der Waals surface area contributed by atoms with Gasteiger partial charge < -0.3 is 15.6 Å². The Hall–Kier alpha value is -7.02. The van der Waals surface area contributed by atoms with Crippen LogP contribution in [0.5, 0.6) is 0 Å². The van der Waals surface area contributed by atoms with Gasteiger partial charge in [-0.3, -0.25) is 10.6 Å². The van der Waals surface area contributed by atoms with Gasteiger partial charge in [0.2, 0.25) is 0 Å². The highest BCUT2D eigenvalue weighted by Gasteiger charge is 2.22. The number of benzene rings is 6. The summed E-state index contributed by atoms with van der Waals surface area (Å²) in [6, 6.07) is 53.6. The normalized spacial score (nSPS) is 13.3. The highest BCUT2D eigenvalue weighted by molar-refractivity contribution is 6.09. The topological polar surface area (TPSA) is 67.0 Å². The van der Waals surface area contributed by atoms with Gasteiger partial charge >= 0.3 is 0 Å². The molecule has 7 aromatic rings. The number of nitrogens with zero attached hydrogens (tertiary/aromatic N) is 1. The molecule has 68 heavy (non-hydrogen) atoms. The molecule has 0 aliphatic heterocycles. The molecule has 0 spiro atoms. The van der Waals surface area contributed by atoms with Gasteiger partial charge in [0.15, 0.2) is 0 Å². The van der Waals surface area contributed by atoms with Gasteiger partial charge in [-0.15, -0.1) is 0 Å². The van der Waals surface area contributed by atoms with Crippen LogP contribution >= 0.6 is 0 Å². The maximum atomic E-state index is 6.05. The molecule has 0 saturated carbocycles. The quantitative estimate of drug-likeness (QED) is 0.0576. The second-order valence-corrected chi connectivity index (χ2v) is 15.8. The molecule has 1 aliphatic carbocycles. The number of fused-ring (bicyclic) bond motifs is 3. The van der Waals surface area contributed by atoms with E-state index in [0.29, 0.717) is 6.67 Å². The number of aromatic nitrogens is 1. The van der Waals surface area contributed by atoms with E-state index in [1.54, 1.807) is 0 Å². The summed E-state index contributed by atoms with van der Waals surface area (Å²) in [6.07, 6.45) is 24.4. The molecule has 0 amide bonds. The Morgan fingerprint density at radius 3 is 2.04 bits per heavy atom. The Morgan fingerprint density at radius 2 is 1.38 bits per heavy atom. The van der Waals surface area contributed by atoms with Crippen molar-refractivity contribution in [2.75, 3.05) is 12.0 Å². The summed E-state index contributed by atoms with van der Waals surface area (Å²) < 4.78 is 2.36. The molecule has 6 aromatic carbocycles. The molecule has 350 valence electrons. The van der Waals surface area contributed by atoms with Crippen LogP contribution in [0.25, 0.3) is 38.6 Å². The number of rotatable bonds is 16. The van der Waals surface area contributed by atoms with E-state index in [0.717, 1.165) is 64.2 Å². The lowest BCUT2D eigenvalue weighted by molar-refractivity contribution is 0.405. The second-order valence-electron chi connectivity index (χ2n) is 15.8. The summed E-state index contributed by atoms with van der Waals surface area (Å²) >= 11 is 0. The first kappa shape index (κ1) is 52.0. The summed E-state index contributed by atoms with van der Waals surface area (Å²) in [5.41, 5.74) is 19.4. The monoisotopic (exact) mass is 900 g/mol. The Kier molecular flexibility index (Phi) is 21.6. The summed E-state index contributed by atoms with van der Waals surface area (Å²) in [5, 5.41) is 13.6. The number of para-hydroxylation sites is 3. The van der Waals surface area contributed by atoms with Crippen LogP contribution in [0, 0.1) is 0 Å². The molecule has 0 fully saturated rings. The third-order valence-electron chi connectivity index (χ3n) is 11.3. The van der Waals surface area contributed by atoms with Gasteiger partial charge in [-0.1, -0.05) is 205 Å². The number of hydrogen-bond acceptors (Lipinski definition) is 4. The lowest BCUT2D eigenvalue weighted by Crippen LogP contribution is -2.40. The van der Waals surface area contributed by atoms with Crippen molar-refractivity contribution in [1.29, 1.82) is 0 Å². The van der Waals surface area contributed by atoms with Crippen LogP contribution in [-0.2, 0) is 0 Å². The molecule has 1 aliphatic rings. The minimum absolute atomic E-state index is 0.0178. The van der Waals surface area contributed by atoms with Gasteiger partial charge in [-0.25, -0.2) is 0 Å². The molecule has 0 radical (unpaired) electrons. The first-order chi connectivity index (χ1) is 33.5. The zero-order chi connectivity index (χ0) is 48.5. The summed E-state index contributed by atoms with van der Waals surface area (Å²) in [6.45, 7) is 19.2. The van der Waals surface area contributed by atoms with Crippen LogP contribution in [0.1, 0.15) is 102 Å². The fourth-order valence-corrected chi connectivity index (χ4v) is 8.33. The molecule has 8 rings (SSSR count). The predicted octanol–water partition coefficient (Wildman–Crippen LogP) is 16.9. The van der Waals surface area contributed by atoms with E-state index in [9.17, 15) is 0 Å². The molecule has 1 aromatic heterocycles. The van der Waals surface area contributed by atoms with Crippen molar-refractivity contribution in [3.05, 3.63) is 247 Å². The van der Waals surface area contributed by atoms with E-state index in [1.165, 1.54) is 32.9 Å². The van der Waals surface area contributed by atoms with Gasteiger partial charge in [-0.2, -0.15) is 0 Å². The van der Waals surface area contributed by atoms with E-state index in [4.69, 9.17) is 5.73 Å². The second kappa shape index (κ2) is 28.2. The van der Waals surface area contributed by atoms with Crippen LogP contribution in [0.15, 0.2) is 225 Å². The van der Waals surface area contributed by atoms with Gasteiger partial charge in [0.1, 0.15) is 0 Å². The molecule has 5 heteroatoms. The number of anilines is 2. The molecular formula is C63H73N5. The van der Waals surface area contributed by atoms with Crippen LogP contribution < -0.4 is 21.7 Å². The molecule has 5 N–H and O–H groups in total. The molecule has 1 heterocycles. The third kappa shape index (κ3) is 13.8. The molecular weight excluding hydrogens is 827 g/mol. The zero-order valence-corrected chi connectivity index (χ0v) is 41.4. The van der Waals surface area contributed by atoms with E-state index in [-0.39, 0.29) is 12.2 Å². The average molecular weight is 900 g/mol. The van der Waals surface area contributed by atoms with Crippen molar-refractivity contribution in [2.24, 2.45) is 5.73 Å². The maximum Gasteiger partial charge on any atom is 0.0852 e. The third-order valence-corrected chi connectivity index (χ3v) is 11.3. The fraction of sp³-hybridized carbons (Fsp3) is 0.206. The van der Waals surface area contributed by atoms with Crippen LogP contribution in [0.4, 0.5) is 11.4 Å². The highest BCUT2D eigenvalue weighted by atomic mass is 15.2.